The predicted octanol–water partition coefficient (Wildman–Crippen LogP) is 3.61. The second-order valence-electron chi connectivity index (χ2n) is 8.30. The molecule has 0 bridgehead atoms. The zero-order valence-corrected chi connectivity index (χ0v) is 18.0. The van der Waals surface area contributed by atoms with Gasteiger partial charge in [0.1, 0.15) is 0 Å². The summed E-state index contributed by atoms with van der Waals surface area (Å²) in [4.78, 5) is 23.0. The number of rotatable bonds is 8. The smallest absolute Gasteiger partial charge is 0.227 e. The van der Waals surface area contributed by atoms with Crippen LogP contribution in [0.4, 0.5) is 0 Å². The van der Waals surface area contributed by atoms with E-state index >= 15 is 0 Å². The summed E-state index contributed by atoms with van der Waals surface area (Å²) >= 11 is 0. The van der Waals surface area contributed by atoms with E-state index < -0.39 is 0 Å². The van der Waals surface area contributed by atoms with Crippen molar-refractivity contribution in [3.8, 4) is 11.4 Å². The number of carbonyl (C=O) groups excluding carboxylic acids is 1. The monoisotopic (exact) mass is 419 g/mol. The van der Waals surface area contributed by atoms with Crippen LogP contribution in [0.1, 0.15) is 43.2 Å². The van der Waals surface area contributed by atoms with Gasteiger partial charge in [-0.3, -0.25) is 14.7 Å². The molecule has 0 radical (unpaired) electrons. The van der Waals surface area contributed by atoms with Crippen molar-refractivity contribution in [1.82, 2.24) is 25.3 Å². The van der Waals surface area contributed by atoms with Gasteiger partial charge in [-0.15, -0.1) is 0 Å². The Hall–Kier alpha value is -3.06. The first-order valence-electron chi connectivity index (χ1n) is 11.0. The number of carbonyl (C=O) groups is 1. The topological polar surface area (TPSA) is 84.2 Å². The molecule has 1 N–H and O–H groups in total. The maximum Gasteiger partial charge on any atom is 0.227 e. The van der Waals surface area contributed by atoms with Crippen molar-refractivity contribution >= 4 is 5.91 Å². The van der Waals surface area contributed by atoms with Gasteiger partial charge in [-0.25, -0.2) is 0 Å². The molecule has 162 valence electrons. The molecule has 0 spiro atoms. The summed E-state index contributed by atoms with van der Waals surface area (Å²) in [5.74, 6) is 1.79. The Balaban J connectivity index is 1.19. The van der Waals surface area contributed by atoms with Gasteiger partial charge in [-0.1, -0.05) is 36.3 Å². The van der Waals surface area contributed by atoms with Gasteiger partial charge in [0, 0.05) is 43.9 Å². The molecule has 0 atom stereocenters. The SMILES string of the molecule is CC1CCN(Cc2ccc(CNC(=O)CCc3nc(-c4ccncc4)no3)cc2)CC1. The van der Waals surface area contributed by atoms with Gasteiger partial charge in [0.15, 0.2) is 0 Å². The van der Waals surface area contributed by atoms with Crippen LogP contribution in [0, 0.1) is 5.92 Å². The van der Waals surface area contributed by atoms with E-state index in [1.54, 1.807) is 12.4 Å². The van der Waals surface area contributed by atoms with Crippen molar-refractivity contribution < 1.29 is 9.32 Å². The van der Waals surface area contributed by atoms with Crippen molar-refractivity contribution in [2.24, 2.45) is 5.92 Å². The summed E-state index contributed by atoms with van der Waals surface area (Å²) in [6, 6.07) is 12.2. The van der Waals surface area contributed by atoms with Gasteiger partial charge < -0.3 is 9.84 Å². The number of benzene rings is 1. The molecule has 1 amide bonds. The number of hydrogen-bond donors (Lipinski definition) is 1. The highest BCUT2D eigenvalue weighted by Crippen LogP contribution is 2.18. The molecular weight excluding hydrogens is 390 g/mol. The molecular formula is C24H29N5O2. The van der Waals surface area contributed by atoms with Crippen molar-refractivity contribution in [1.29, 1.82) is 0 Å². The molecule has 1 fully saturated rings. The number of hydrogen-bond acceptors (Lipinski definition) is 6. The van der Waals surface area contributed by atoms with E-state index in [0.717, 1.165) is 23.6 Å². The number of amides is 1. The van der Waals surface area contributed by atoms with E-state index in [0.29, 0.717) is 31.1 Å². The Bertz CT molecular complexity index is 963. The number of likely N-dealkylation sites (tertiary alicyclic amines) is 1. The predicted molar refractivity (Wildman–Crippen MR) is 118 cm³/mol. The molecule has 0 unspecified atom stereocenters. The third kappa shape index (κ3) is 6.21. The van der Waals surface area contributed by atoms with Crippen molar-refractivity contribution in [3.05, 3.63) is 65.8 Å². The quantitative estimate of drug-likeness (QED) is 0.600. The van der Waals surface area contributed by atoms with Crippen LogP contribution >= 0.6 is 0 Å². The summed E-state index contributed by atoms with van der Waals surface area (Å²) < 4.78 is 5.25. The van der Waals surface area contributed by atoms with Crippen molar-refractivity contribution in [3.63, 3.8) is 0 Å². The number of piperidine rings is 1. The van der Waals surface area contributed by atoms with Gasteiger partial charge >= 0.3 is 0 Å². The van der Waals surface area contributed by atoms with Gasteiger partial charge in [0.2, 0.25) is 17.6 Å². The number of pyridine rings is 1. The van der Waals surface area contributed by atoms with E-state index in [4.69, 9.17) is 4.52 Å². The first kappa shape index (κ1) is 21.2. The Kier molecular flexibility index (Phi) is 7.04. The largest absolute Gasteiger partial charge is 0.352 e. The van der Waals surface area contributed by atoms with Gasteiger partial charge in [0.25, 0.3) is 0 Å². The van der Waals surface area contributed by atoms with E-state index in [9.17, 15) is 4.79 Å². The first-order chi connectivity index (χ1) is 15.2. The highest BCUT2D eigenvalue weighted by Gasteiger charge is 2.15. The van der Waals surface area contributed by atoms with Crippen LogP contribution in [0.5, 0.6) is 0 Å². The molecule has 4 rings (SSSR count). The summed E-state index contributed by atoms with van der Waals surface area (Å²) in [6.07, 6.45) is 6.66. The lowest BCUT2D eigenvalue weighted by atomic mass is 9.99. The van der Waals surface area contributed by atoms with Crippen LogP contribution in [0.15, 0.2) is 53.3 Å². The Labute approximate surface area is 182 Å². The molecule has 0 saturated carbocycles. The number of aryl methyl sites for hydroxylation is 1. The third-order valence-corrected chi connectivity index (χ3v) is 5.77. The van der Waals surface area contributed by atoms with E-state index in [2.05, 4.69) is 56.5 Å². The zero-order chi connectivity index (χ0) is 21.5. The molecule has 7 heteroatoms. The molecule has 31 heavy (non-hydrogen) atoms. The summed E-state index contributed by atoms with van der Waals surface area (Å²) in [6.45, 7) is 6.23. The van der Waals surface area contributed by atoms with E-state index in [-0.39, 0.29) is 5.91 Å². The highest BCUT2D eigenvalue weighted by molar-refractivity contribution is 5.76. The fourth-order valence-electron chi connectivity index (χ4n) is 3.73. The molecule has 2 aromatic heterocycles. The molecule has 1 aromatic carbocycles. The van der Waals surface area contributed by atoms with Crippen LogP contribution in [0.3, 0.4) is 0 Å². The average molecular weight is 420 g/mol. The lowest BCUT2D eigenvalue weighted by Crippen LogP contribution is -2.32. The highest BCUT2D eigenvalue weighted by atomic mass is 16.5. The maximum atomic E-state index is 12.2. The maximum absolute atomic E-state index is 12.2. The fourth-order valence-corrected chi connectivity index (χ4v) is 3.73. The summed E-state index contributed by atoms with van der Waals surface area (Å²) in [7, 11) is 0. The van der Waals surface area contributed by atoms with Gasteiger partial charge in [-0.05, 0) is 55.1 Å². The van der Waals surface area contributed by atoms with E-state index in [1.165, 1.54) is 31.5 Å². The Morgan fingerprint density at radius 1 is 1.10 bits per heavy atom. The van der Waals surface area contributed by atoms with E-state index in [1.807, 2.05) is 12.1 Å². The van der Waals surface area contributed by atoms with Crippen LogP contribution in [0.2, 0.25) is 0 Å². The van der Waals surface area contributed by atoms with Gasteiger partial charge in [-0.2, -0.15) is 4.98 Å². The second-order valence-corrected chi connectivity index (χ2v) is 8.30. The Morgan fingerprint density at radius 2 is 1.81 bits per heavy atom. The minimum atomic E-state index is -0.0322. The minimum absolute atomic E-state index is 0.0322. The van der Waals surface area contributed by atoms with Crippen LogP contribution in [0.25, 0.3) is 11.4 Å². The molecule has 7 nitrogen and oxygen atoms in total. The summed E-state index contributed by atoms with van der Waals surface area (Å²) in [5.41, 5.74) is 3.26. The molecule has 3 heterocycles. The third-order valence-electron chi connectivity index (χ3n) is 5.77. The minimum Gasteiger partial charge on any atom is -0.352 e. The second kappa shape index (κ2) is 10.3. The molecule has 1 aliphatic rings. The molecule has 3 aromatic rings. The summed E-state index contributed by atoms with van der Waals surface area (Å²) in [5, 5.41) is 6.93. The Morgan fingerprint density at radius 3 is 2.55 bits per heavy atom. The molecule has 1 aliphatic heterocycles. The number of nitrogens with one attached hydrogen (secondary N) is 1. The number of nitrogens with zero attached hydrogens (tertiary/aromatic N) is 4. The number of aromatic nitrogens is 3. The normalized spacial score (nSPS) is 15.1. The zero-order valence-electron chi connectivity index (χ0n) is 18.0. The van der Waals surface area contributed by atoms with Crippen molar-refractivity contribution in [2.75, 3.05) is 13.1 Å². The average Bonchev–Trinajstić information content (AvgIpc) is 3.28. The van der Waals surface area contributed by atoms with Crippen LogP contribution in [-0.4, -0.2) is 39.0 Å². The van der Waals surface area contributed by atoms with Crippen LogP contribution < -0.4 is 5.32 Å². The molecule has 0 aliphatic carbocycles. The van der Waals surface area contributed by atoms with Crippen molar-refractivity contribution in [2.45, 2.75) is 45.7 Å². The lowest BCUT2D eigenvalue weighted by Gasteiger charge is -2.30. The lowest BCUT2D eigenvalue weighted by molar-refractivity contribution is -0.121. The standard InChI is InChI=1S/C24H29N5O2/c1-18-10-14-29(15-11-18)17-20-4-2-19(3-5-20)16-26-22(30)6-7-23-27-24(28-31-23)21-8-12-25-13-9-21/h2-5,8-9,12-13,18H,6-7,10-11,14-17H2,1H3,(H,26,30). The van der Waals surface area contributed by atoms with Gasteiger partial charge in [0.05, 0.1) is 0 Å². The molecule has 1 saturated heterocycles. The fraction of sp³-hybridized carbons (Fsp3) is 0.417. The first-order valence-corrected chi connectivity index (χ1v) is 11.0. The van der Waals surface area contributed by atoms with Crippen LogP contribution in [-0.2, 0) is 24.3 Å².